The van der Waals surface area contributed by atoms with Gasteiger partial charge in [-0.25, -0.2) is 0 Å². The molecule has 0 spiro atoms. The lowest BCUT2D eigenvalue weighted by Crippen LogP contribution is -2.18. The van der Waals surface area contributed by atoms with Crippen molar-refractivity contribution in [3.8, 4) is 5.75 Å². The molecule has 2 rings (SSSR count). The summed E-state index contributed by atoms with van der Waals surface area (Å²) in [6.45, 7) is 1.31. The van der Waals surface area contributed by atoms with Crippen LogP contribution in [0.25, 0.3) is 0 Å². The first-order chi connectivity index (χ1) is 10.6. The number of aldehydes is 2. The average molecular weight is 300 g/mol. The van der Waals surface area contributed by atoms with Gasteiger partial charge in [0, 0.05) is 25.2 Å². The lowest BCUT2D eigenvalue weighted by atomic mass is 9.85. The maximum Gasteiger partial charge on any atom is 0.308 e. The van der Waals surface area contributed by atoms with Crippen LogP contribution in [0.2, 0.25) is 0 Å². The second-order valence-corrected chi connectivity index (χ2v) is 4.91. The van der Waals surface area contributed by atoms with Crippen molar-refractivity contribution >= 4 is 18.5 Å². The van der Waals surface area contributed by atoms with Gasteiger partial charge in [-0.1, -0.05) is 12.1 Å². The van der Waals surface area contributed by atoms with E-state index >= 15 is 0 Å². The van der Waals surface area contributed by atoms with Crippen LogP contribution >= 0.6 is 0 Å². The number of esters is 1. The van der Waals surface area contributed by atoms with Gasteiger partial charge in [-0.3, -0.25) is 4.79 Å². The second kappa shape index (κ2) is 7.36. The number of benzene rings is 1. The largest absolute Gasteiger partial charge is 0.469 e. The zero-order valence-electron chi connectivity index (χ0n) is 12.1. The minimum Gasteiger partial charge on any atom is -0.469 e. The zero-order chi connectivity index (χ0) is 15.9. The van der Waals surface area contributed by atoms with E-state index in [1.54, 1.807) is 36.4 Å². The van der Waals surface area contributed by atoms with Crippen LogP contribution in [0.3, 0.4) is 0 Å². The van der Waals surface area contributed by atoms with Gasteiger partial charge in [0.25, 0.3) is 0 Å². The number of carbonyl (C=O) groups is 3. The Labute approximate surface area is 127 Å². The van der Waals surface area contributed by atoms with Crippen LogP contribution in [0.15, 0.2) is 47.1 Å². The Hall–Kier alpha value is -2.69. The fourth-order valence-electron chi connectivity index (χ4n) is 2.27. The maximum atomic E-state index is 11.4. The van der Waals surface area contributed by atoms with Crippen LogP contribution in [0.5, 0.6) is 5.75 Å². The van der Waals surface area contributed by atoms with E-state index in [1.165, 1.54) is 13.2 Å². The first kappa shape index (κ1) is 15.7. The quantitative estimate of drug-likeness (QED) is 0.446. The highest BCUT2D eigenvalue weighted by atomic mass is 16.5. The molecule has 0 aliphatic heterocycles. The molecule has 1 heterocycles. The Morgan fingerprint density at radius 1 is 1.18 bits per heavy atom. The smallest absolute Gasteiger partial charge is 0.308 e. The lowest BCUT2D eigenvalue weighted by molar-refractivity contribution is -0.131. The molecular weight excluding hydrogens is 284 g/mol. The van der Waals surface area contributed by atoms with Crippen LogP contribution in [0.4, 0.5) is 0 Å². The van der Waals surface area contributed by atoms with Gasteiger partial charge in [0.2, 0.25) is 0 Å². The Morgan fingerprint density at radius 2 is 1.91 bits per heavy atom. The molecule has 5 heteroatoms. The van der Waals surface area contributed by atoms with Gasteiger partial charge in [-0.05, 0) is 29.8 Å². The molecule has 0 aliphatic rings. The van der Waals surface area contributed by atoms with Gasteiger partial charge in [-0.2, -0.15) is 0 Å². The van der Waals surface area contributed by atoms with E-state index in [4.69, 9.17) is 9.15 Å². The molecular formula is C17H16O5. The van der Waals surface area contributed by atoms with Crippen LogP contribution < -0.4 is 4.74 Å². The summed E-state index contributed by atoms with van der Waals surface area (Å²) < 4.78 is 10.2. The van der Waals surface area contributed by atoms with Crippen LogP contribution in [-0.4, -0.2) is 18.5 Å². The van der Waals surface area contributed by atoms with Crippen molar-refractivity contribution in [1.82, 2.24) is 0 Å². The molecule has 2 unspecified atom stereocenters. The fourth-order valence-corrected chi connectivity index (χ4v) is 2.27. The van der Waals surface area contributed by atoms with Crippen molar-refractivity contribution in [2.45, 2.75) is 19.3 Å². The maximum absolute atomic E-state index is 11.4. The molecule has 1 aromatic carbocycles. The van der Waals surface area contributed by atoms with Crippen molar-refractivity contribution < 1.29 is 23.5 Å². The standard InChI is InChI=1S/C17H16O5/c1-12(20)22-15-6-4-13(5-7-15)17(11-19)14(10-18)9-16-3-2-8-21-16/h2-8,10-11,14,17H,9H2,1H3. The molecule has 1 aromatic heterocycles. The summed E-state index contributed by atoms with van der Waals surface area (Å²) in [5, 5.41) is 0. The minimum absolute atomic E-state index is 0.353. The fraction of sp³-hybridized carbons (Fsp3) is 0.235. The Balaban J connectivity index is 2.16. The molecule has 5 nitrogen and oxygen atoms in total. The third-order valence-electron chi connectivity index (χ3n) is 3.33. The van der Waals surface area contributed by atoms with Crippen LogP contribution in [0.1, 0.15) is 24.2 Å². The van der Waals surface area contributed by atoms with E-state index in [0.29, 0.717) is 23.5 Å². The summed E-state index contributed by atoms with van der Waals surface area (Å²) in [5.74, 6) is -0.449. The molecule has 2 aromatic rings. The van der Waals surface area contributed by atoms with Crippen LogP contribution in [-0.2, 0) is 20.8 Å². The molecule has 114 valence electrons. The predicted molar refractivity (Wildman–Crippen MR) is 78.5 cm³/mol. The molecule has 22 heavy (non-hydrogen) atoms. The molecule has 0 fully saturated rings. The molecule has 0 aliphatic carbocycles. The summed E-state index contributed by atoms with van der Waals surface area (Å²) in [7, 11) is 0. The molecule has 0 saturated carbocycles. The molecule has 0 N–H and O–H groups in total. The minimum atomic E-state index is -0.575. The highest BCUT2D eigenvalue weighted by Crippen LogP contribution is 2.26. The molecule has 0 radical (unpaired) electrons. The molecule has 0 amide bonds. The first-order valence-electron chi connectivity index (χ1n) is 6.85. The molecule has 2 atom stereocenters. The Morgan fingerprint density at radius 3 is 2.41 bits per heavy atom. The van der Waals surface area contributed by atoms with Gasteiger partial charge in [-0.15, -0.1) is 0 Å². The predicted octanol–water partition coefficient (Wildman–Crippen LogP) is 2.55. The summed E-state index contributed by atoms with van der Waals surface area (Å²) in [6, 6.07) is 10.1. The van der Waals surface area contributed by atoms with E-state index in [9.17, 15) is 14.4 Å². The summed E-state index contributed by atoms with van der Waals surface area (Å²) in [6.07, 6.45) is 3.40. The van der Waals surface area contributed by atoms with E-state index < -0.39 is 17.8 Å². The van der Waals surface area contributed by atoms with Crippen molar-refractivity contribution in [1.29, 1.82) is 0 Å². The third kappa shape index (κ3) is 3.91. The third-order valence-corrected chi connectivity index (χ3v) is 3.33. The van der Waals surface area contributed by atoms with Crippen molar-refractivity contribution in [3.05, 3.63) is 54.0 Å². The number of carbonyl (C=O) groups excluding carboxylic acids is 3. The van der Waals surface area contributed by atoms with Gasteiger partial charge < -0.3 is 18.7 Å². The van der Waals surface area contributed by atoms with Gasteiger partial charge in [0.05, 0.1) is 6.26 Å². The average Bonchev–Trinajstić information content (AvgIpc) is 3.01. The van der Waals surface area contributed by atoms with E-state index in [-0.39, 0.29) is 0 Å². The summed E-state index contributed by atoms with van der Waals surface area (Å²) in [4.78, 5) is 33.7. The molecule has 0 saturated heterocycles. The van der Waals surface area contributed by atoms with E-state index in [2.05, 4.69) is 0 Å². The number of hydrogen-bond donors (Lipinski definition) is 0. The highest BCUT2D eigenvalue weighted by molar-refractivity contribution is 5.72. The van der Waals surface area contributed by atoms with Crippen LogP contribution in [0, 0.1) is 5.92 Å². The summed E-state index contributed by atoms with van der Waals surface area (Å²) in [5.41, 5.74) is 0.689. The normalized spacial score (nSPS) is 13.1. The Kier molecular flexibility index (Phi) is 5.25. The summed E-state index contributed by atoms with van der Waals surface area (Å²) >= 11 is 0. The highest BCUT2D eigenvalue weighted by Gasteiger charge is 2.24. The van der Waals surface area contributed by atoms with Crippen molar-refractivity contribution in [2.75, 3.05) is 0 Å². The first-order valence-corrected chi connectivity index (χ1v) is 6.85. The van der Waals surface area contributed by atoms with Gasteiger partial charge in [0.1, 0.15) is 24.1 Å². The molecule has 0 bridgehead atoms. The SMILES string of the molecule is CC(=O)Oc1ccc(C(C=O)C(C=O)Cc2ccco2)cc1. The van der Waals surface area contributed by atoms with Gasteiger partial charge in [0.15, 0.2) is 0 Å². The van der Waals surface area contributed by atoms with Gasteiger partial charge >= 0.3 is 5.97 Å². The lowest BCUT2D eigenvalue weighted by Gasteiger charge is -2.17. The van der Waals surface area contributed by atoms with E-state index in [1.807, 2.05) is 0 Å². The number of ether oxygens (including phenoxy) is 1. The number of furan rings is 1. The van der Waals surface area contributed by atoms with Crippen molar-refractivity contribution in [3.63, 3.8) is 0 Å². The number of rotatable bonds is 7. The monoisotopic (exact) mass is 300 g/mol. The van der Waals surface area contributed by atoms with Crippen molar-refractivity contribution in [2.24, 2.45) is 5.92 Å². The topological polar surface area (TPSA) is 73.6 Å². The zero-order valence-corrected chi connectivity index (χ0v) is 12.1. The second-order valence-electron chi connectivity index (χ2n) is 4.91. The van der Waals surface area contributed by atoms with E-state index in [0.717, 1.165) is 12.6 Å². The number of hydrogen-bond acceptors (Lipinski definition) is 5. The Bertz CT molecular complexity index is 628.